The smallest absolute Gasteiger partial charge is 0.147 e. The van der Waals surface area contributed by atoms with Gasteiger partial charge in [-0.3, -0.25) is 0 Å². The Morgan fingerprint density at radius 2 is 1.48 bits per heavy atom. The molecule has 23 heavy (non-hydrogen) atoms. The molecular weight excluding hydrogens is 307 g/mol. The fraction of sp³-hybridized carbons (Fsp3) is 0.684. The van der Waals surface area contributed by atoms with Gasteiger partial charge < -0.3 is 13.9 Å². The summed E-state index contributed by atoms with van der Waals surface area (Å²) in [5.41, 5.74) is 2.20. The van der Waals surface area contributed by atoms with Gasteiger partial charge in [0, 0.05) is 5.56 Å². The predicted molar refractivity (Wildman–Crippen MR) is 96.8 cm³/mol. The quantitative estimate of drug-likeness (QED) is 0.698. The highest BCUT2D eigenvalue weighted by Gasteiger charge is 2.23. The van der Waals surface area contributed by atoms with E-state index in [1.54, 1.807) is 0 Å². The molecule has 0 aliphatic heterocycles. The lowest BCUT2D eigenvalue weighted by atomic mass is 9.80. The lowest BCUT2D eigenvalue weighted by molar-refractivity contribution is -0.198. The zero-order valence-corrected chi connectivity index (χ0v) is 17.0. The van der Waals surface area contributed by atoms with E-state index in [2.05, 4.69) is 47.6 Å². The van der Waals surface area contributed by atoms with Gasteiger partial charge in [-0.15, -0.1) is 0 Å². The molecular formula is C19H32O3P-. The van der Waals surface area contributed by atoms with Crippen LogP contribution in [0.15, 0.2) is 18.2 Å². The molecule has 4 heteroatoms. The molecule has 1 rings (SSSR count). The monoisotopic (exact) mass is 339 g/mol. The molecule has 0 heterocycles. The molecule has 0 N–H and O–H groups in total. The van der Waals surface area contributed by atoms with Crippen molar-refractivity contribution < 1.29 is 13.9 Å². The molecule has 1 aromatic rings. The summed E-state index contributed by atoms with van der Waals surface area (Å²) in [7, 11) is -2.17. The summed E-state index contributed by atoms with van der Waals surface area (Å²) in [6, 6.07) is 6.11. The molecule has 0 saturated heterocycles. The Hall–Kier alpha value is -0.630. The summed E-state index contributed by atoms with van der Waals surface area (Å²) in [5.74, 6) is 0.639. The largest absolute Gasteiger partial charge is 0.776 e. The minimum atomic E-state index is -2.17. The summed E-state index contributed by atoms with van der Waals surface area (Å²) in [6.45, 7) is 19.4. The number of hydrogen-bond donors (Lipinski definition) is 0. The van der Waals surface area contributed by atoms with E-state index in [0.29, 0.717) is 12.4 Å². The number of benzene rings is 1. The second-order valence-corrected chi connectivity index (χ2v) is 10.2. The highest BCUT2D eigenvalue weighted by atomic mass is 31.2. The lowest BCUT2D eigenvalue weighted by Crippen LogP contribution is -2.19. The zero-order valence-electron chi connectivity index (χ0n) is 16.1. The molecule has 0 aliphatic carbocycles. The van der Waals surface area contributed by atoms with Crippen molar-refractivity contribution >= 4 is 8.60 Å². The lowest BCUT2D eigenvalue weighted by Gasteiger charge is -2.31. The third kappa shape index (κ3) is 6.79. The number of rotatable bonds is 4. The van der Waals surface area contributed by atoms with E-state index < -0.39 is 8.60 Å². The summed E-state index contributed by atoms with van der Waals surface area (Å²) in [5, 5.41) is 0. The highest BCUT2D eigenvalue weighted by molar-refractivity contribution is 7.39. The Bertz CT molecular complexity index is 519. The molecule has 1 aromatic carbocycles. The molecule has 0 spiro atoms. The van der Waals surface area contributed by atoms with E-state index in [1.807, 2.05) is 32.9 Å². The van der Waals surface area contributed by atoms with Crippen molar-refractivity contribution in [2.45, 2.75) is 73.1 Å². The van der Waals surface area contributed by atoms with E-state index in [0.717, 1.165) is 5.56 Å². The van der Waals surface area contributed by atoms with Gasteiger partial charge >= 0.3 is 0 Å². The minimum Gasteiger partial charge on any atom is -0.776 e. The third-order valence-corrected chi connectivity index (χ3v) is 4.12. The second kappa shape index (κ2) is 7.09. The van der Waals surface area contributed by atoms with Crippen LogP contribution in [0, 0.1) is 5.41 Å². The summed E-state index contributed by atoms with van der Waals surface area (Å²) >= 11 is 0. The van der Waals surface area contributed by atoms with Crippen molar-refractivity contribution in [3.05, 3.63) is 29.3 Å². The first kappa shape index (κ1) is 20.4. The molecule has 0 aliphatic rings. The van der Waals surface area contributed by atoms with Gasteiger partial charge in [-0.25, -0.2) is 0 Å². The molecule has 0 bridgehead atoms. The normalized spacial score (nSPS) is 14.7. The Labute approximate surface area is 143 Å². The first-order valence-electron chi connectivity index (χ1n) is 8.13. The van der Waals surface area contributed by atoms with E-state index in [4.69, 9.17) is 9.05 Å². The molecule has 0 radical (unpaired) electrons. The van der Waals surface area contributed by atoms with Gasteiger partial charge in [-0.05, 0) is 27.9 Å². The van der Waals surface area contributed by atoms with E-state index >= 15 is 0 Å². The van der Waals surface area contributed by atoms with Crippen LogP contribution in [0.3, 0.4) is 0 Å². The Morgan fingerprint density at radius 3 is 1.91 bits per heavy atom. The van der Waals surface area contributed by atoms with Gasteiger partial charge in [0.1, 0.15) is 14.4 Å². The molecule has 3 nitrogen and oxygen atoms in total. The third-order valence-electron chi connectivity index (χ3n) is 3.43. The fourth-order valence-electron chi connectivity index (χ4n) is 2.02. The van der Waals surface area contributed by atoms with Gasteiger partial charge in [0.2, 0.25) is 0 Å². The molecule has 0 saturated carbocycles. The average Bonchev–Trinajstić information content (AvgIpc) is 2.33. The van der Waals surface area contributed by atoms with Crippen molar-refractivity contribution in [2.24, 2.45) is 5.41 Å². The van der Waals surface area contributed by atoms with Crippen molar-refractivity contribution in [1.82, 2.24) is 0 Å². The van der Waals surface area contributed by atoms with Crippen LogP contribution in [0.2, 0.25) is 0 Å². The van der Waals surface area contributed by atoms with Crippen LogP contribution in [-0.4, -0.2) is 6.61 Å². The maximum absolute atomic E-state index is 12.1. The summed E-state index contributed by atoms with van der Waals surface area (Å²) in [6.07, 6.45) is 0. The summed E-state index contributed by atoms with van der Waals surface area (Å²) in [4.78, 5) is 12.1. The van der Waals surface area contributed by atoms with E-state index in [9.17, 15) is 4.89 Å². The molecule has 0 aromatic heterocycles. The zero-order chi connectivity index (χ0) is 18.1. The molecule has 0 fully saturated rings. The van der Waals surface area contributed by atoms with E-state index in [1.165, 1.54) is 5.56 Å². The van der Waals surface area contributed by atoms with Crippen LogP contribution in [0.1, 0.15) is 73.4 Å². The van der Waals surface area contributed by atoms with Gasteiger partial charge in [0.05, 0.1) is 6.61 Å². The summed E-state index contributed by atoms with van der Waals surface area (Å²) < 4.78 is 11.0. The van der Waals surface area contributed by atoms with E-state index in [-0.39, 0.29) is 16.2 Å². The van der Waals surface area contributed by atoms with Gasteiger partial charge in [-0.1, -0.05) is 74.4 Å². The Kier molecular flexibility index (Phi) is 6.29. The topological polar surface area (TPSA) is 41.5 Å². The Morgan fingerprint density at radius 1 is 0.913 bits per heavy atom. The van der Waals surface area contributed by atoms with Gasteiger partial charge in [0.25, 0.3) is 0 Å². The van der Waals surface area contributed by atoms with Crippen molar-refractivity contribution in [1.29, 1.82) is 0 Å². The van der Waals surface area contributed by atoms with Gasteiger partial charge in [0.15, 0.2) is 0 Å². The number of hydrogen-bond acceptors (Lipinski definition) is 3. The van der Waals surface area contributed by atoms with Gasteiger partial charge in [-0.2, -0.15) is 0 Å². The molecule has 132 valence electrons. The predicted octanol–water partition coefficient (Wildman–Crippen LogP) is 5.31. The van der Waals surface area contributed by atoms with Crippen molar-refractivity contribution in [3.63, 3.8) is 0 Å². The highest BCUT2D eigenvalue weighted by Crippen LogP contribution is 2.41. The van der Waals surface area contributed by atoms with Crippen LogP contribution in [-0.2, 0) is 15.4 Å². The second-order valence-electron chi connectivity index (χ2n) is 9.36. The minimum absolute atomic E-state index is 0.0443. The van der Waals surface area contributed by atoms with Crippen LogP contribution >= 0.6 is 8.60 Å². The first-order valence-corrected chi connectivity index (χ1v) is 9.23. The SMILES string of the molecule is CC(C)(C)COP([O-])Oc1ccc(C(C)(C)C)cc1C(C)(C)C. The molecule has 1 unspecified atom stereocenters. The van der Waals surface area contributed by atoms with Crippen LogP contribution < -0.4 is 9.42 Å². The van der Waals surface area contributed by atoms with Crippen LogP contribution in [0.25, 0.3) is 0 Å². The molecule has 1 atom stereocenters. The molecule has 0 amide bonds. The van der Waals surface area contributed by atoms with Crippen LogP contribution in [0.4, 0.5) is 0 Å². The first-order chi connectivity index (χ1) is 10.2. The van der Waals surface area contributed by atoms with Crippen molar-refractivity contribution in [2.75, 3.05) is 6.61 Å². The fourth-order valence-corrected chi connectivity index (χ4v) is 2.88. The maximum Gasteiger partial charge on any atom is 0.147 e. The maximum atomic E-state index is 12.1. The Balaban J connectivity index is 3.02. The van der Waals surface area contributed by atoms with Crippen LogP contribution in [0.5, 0.6) is 5.75 Å². The standard InChI is InChI=1S/C19H32O3P/c1-17(2,3)13-21-23(20)22-16-11-10-14(18(4,5)6)12-15(16)19(7,8)9/h10-12H,13H2,1-9H3/q-1. The average molecular weight is 339 g/mol. The van der Waals surface area contributed by atoms with Crippen molar-refractivity contribution in [3.8, 4) is 5.75 Å².